The van der Waals surface area contributed by atoms with Crippen molar-refractivity contribution in [2.75, 3.05) is 0 Å². The van der Waals surface area contributed by atoms with Crippen LogP contribution in [0.2, 0.25) is 0 Å². The summed E-state index contributed by atoms with van der Waals surface area (Å²) in [6, 6.07) is 55.1. The van der Waals surface area contributed by atoms with Gasteiger partial charge in [0.05, 0.1) is 28.1 Å². The summed E-state index contributed by atoms with van der Waals surface area (Å²) in [5.41, 5.74) is 13.3. The number of aromatic nitrogens is 3. The highest BCUT2D eigenvalue weighted by Gasteiger charge is 2.15. The molecule has 5 aromatic carbocycles. The maximum Gasteiger partial charge on any atom is 0.0978 e. The van der Waals surface area contributed by atoms with Gasteiger partial charge in [-0.25, -0.2) is 9.97 Å². The van der Waals surface area contributed by atoms with E-state index in [0.717, 1.165) is 83.5 Å². The van der Waals surface area contributed by atoms with E-state index in [4.69, 9.17) is 15.0 Å². The van der Waals surface area contributed by atoms with Crippen LogP contribution in [0.25, 0.3) is 77.8 Å². The number of rotatable bonds is 5. The van der Waals surface area contributed by atoms with Gasteiger partial charge in [-0.3, -0.25) is 4.98 Å². The minimum Gasteiger partial charge on any atom is -0.251 e. The van der Waals surface area contributed by atoms with Crippen LogP contribution in [0.5, 0.6) is 0 Å². The summed E-state index contributed by atoms with van der Waals surface area (Å²) in [6.07, 6.45) is 0. The van der Waals surface area contributed by atoms with Crippen LogP contribution >= 0.6 is 0 Å². The molecule has 0 atom stereocenters. The third kappa shape index (κ3) is 5.15. The summed E-state index contributed by atoms with van der Waals surface area (Å²) in [4.78, 5) is 15.4. The first-order valence-electron chi connectivity index (χ1n) is 15.2. The molecule has 8 rings (SSSR count). The van der Waals surface area contributed by atoms with Gasteiger partial charge in [-0.1, -0.05) is 127 Å². The van der Waals surface area contributed by atoms with E-state index in [1.165, 1.54) is 0 Å². The fraction of sp³-hybridized carbons (Fsp3) is 0.0238. The topological polar surface area (TPSA) is 38.7 Å². The molecule has 3 nitrogen and oxygen atoms in total. The van der Waals surface area contributed by atoms with Gasteiger partial charge < -0.3 is 0 Å². The predicted molar refractivity (Wildman–Crippen MR) is 187 cm³/mol. The largest absolute Gasteiger partial charge is 0.251 e. The number of aryl methyl sites for hydroxylation is 1. The molecule has 0 amide bonds. The monoisotopic (exact) mass is 575 g/mol. The lowest BCUT2D eigenvalue weighted by Crippen LogP contribution is -1.94. The van der Waals surface area contributed by atoms with Crippen LogP contribution in [0, 0.1) is 6.92 Å². The van der Waals surface area contributed by atoms with Crippen molar-refractivity contribution in [2.24, 2.45) is 0 Å². The van der Waals surface area contributed by atoms with E-state index < -0.39 is 0 Å². The molecule has 0 N–H and O–H groups in total. The van der Waals surface area contributed by atoms with E-state index in [9.17, 15) is 0 Å². The Bertz CT molecular complexity index is 2250. The minimum absolute atomic E-state index is 0.904. The molecular formula is C42H29N3. The van der Waals surface area contributed by atoms with Crippen LogP contribution < -0.4 is 0 Å². The molecule has 0 saturated heterocycles. The van der Waals surface area contributed by atoms with E-state index in [2.05, 4.69) is 146 Å². The molecule has 45 heavy (non-hydrogen) atoms. The van der Waals surface area contributed by atoms with E-state index in [0.29, 0.717) is 0 Å². The summed E-state index contributed by atoms with van der Waals surface area (Å²) < 4.78 is 0. The Labute approximate surface area is 262 Å². The van der Waals surface area contributed by atoms with Crippen molar-refractivity contribution in [3.63, 3.8) is 0 Å². The van der Waals surface area contributed by atoms with Crippen molar-refractivity contribution >= 4 is 21.8 Å². The lowest BCUT2D eigenvalue weighted by Gasteiger charge is -2.14. The maximum absolute atomic E-state index is 5.28. The number of fused-ring (bicyclic) bond motifs is 3. The Kier molecular flexibility index (Phi) is 6.69. The lowest BCUT2D eigenvalue weighted by molar-refractivity contribution is 1.25. The summed E-state index contributed by atoms with van der Waals surface area (Å²) in [7, 11) is 0. The van der Waals surface area contributed by atoms with Gasteiger partial charge in [-0.2, -0.15) is 0 Å². The van der Waals surface area contributed by atoms with Crippen LogP contribution in [0.3, 0.4) is 0 Å². The normalized spacial score (nSPS) is 11.2. The first-order chi connectivity index (χ1) is 22.2. The van der Waals surface area contributed by atoms with Crippen LogP contribution in [0.1, 0.15) is 5.69 Å². The van der Waals surface area contributed by atoms with Crippen molar-refractivity contribution in [3.05, 3.63) is 163 Å². The van der Waals surface area contributed by atoms with Crippen molar-refractivity contribution in [3.8, 4) is 56.0 Å². The fourth-order valence-electron chi connectivity index (χ4n) is 6.04. The number of nitrogens with zero attached hydrogens (tertiary/aromatic N) is 3. The average Bonchev–Trinajstić information content (AvgIpc) is 3.12. The van der Waals surface area contributed by atoms with E-state index in [1.807, 2.05) is 19.1 Å². The van der Waals surface area contributed by atoms with Crippen molar-refractivity contribution in [1.29, 1.82) is 0 Å². The van der Waals surface area contributed by atoms with Gasteiger partial charge >= 0.3 is 0 Å². The molecule has 212 valence electrons. The van der Waals surface area contributed by atoms with Gasteiger partial charge in [-0.05, 0) is 59.5 Å². The molecule has 0 saturated carbocycles. The van der Waals surface area contributed by atoms with Crippen molar-refractivity contribution in [2.45, 2.75) is 6.92 Å². The van der Waals surface area contributed by atoms with Gasteiger partial charge in [0.25, 0.3) is 0 Å². The minimum atomic E-state index is 0.904. The third-order valence-corrected chi connectivity index (χ3v) is 8.32. The Balaban J connectivity index is 1.33. The van der Waals surface area contributed by atoms with Gasteiger partial charge in [0.2, 0.25) is 0 Å². The zero-order valence-electron chi connectivity index (χ0n) is 24.9. The zero-order chi connectivity index (χ0) is 30.2. The van der Waals surface area contributed by atoms with E-state index >= 15 is 0 Å². The fourth-order valence-corrected chi connectivity index (χ4v) is 6.04. The molecule has 0 fully saturated rings. The molecule has 0 aliphatic heterocycles. The molecule has 3 heteroatoms. The second-order valence-corrected chi connectivity index (χ2v) is 11.3. The first-order valence-corrected chi connectivity index (χ1v) is 15.2. The molecule has 0 aliphatic carbocycles. The number of hydrogen-bond donors (Lipinski definition) is 0. The maximum atomic E-state index is 5.28. The van der Waals surface area contributed by atoms with E-state index in [1.54, 1.807) is 0 Å². The standard InChI is InChI=1S/C42H29N3/c1-28-20-21-32-22-23-36-37(30-14-7-3-8-15-30)27-40(45-42(36)41(32)43-28)34-19-11-18-33(24-34)39-26-35(29-12-5-2-6-13-29)25-38(44-39)31-16-9-4-10-17-31/h2-27H,1H3. The second kappa shape index (κ2) is 11.3. The summed E-state index contributed by atoms with van der Waals surface area (Å²) in [5.74, 6) is 0. The molecule has 0 spiro atoms. The average molecular weight is 576 g/mol. The highest BCUT2D eigenvalue weighted by atomic mass is 14.8. The molecule has 0 unspecified atom stereocenters. The Hall–Kier alpha value is -5.93. The molecule has 0 radical (unpaired) electrons. The van der Waals surface area contributed by atoms with E-state index in [-0.39, 0.29) is 0 Å². The van der Waals surface area contributed by atoms with Crippen LogP contribution in [-0.4, -0.2) is 15.0 Å². The summed E-state index contributed by atoms with van der Waals surface area (Å²) in [6.45, 7) is 2.03. The van der Waals surface area contributed by atoms with Crippen LogP contribution in [0.15, 0.2) is 158 Å². The van der Waals surface area contributed by atoms with Gasteiger partial charge in [0, 0.05) is 33.2 Å². The van der Waals surface area contributed by atoms with Crippen LogP contribution in [0.4, 0.5) is 0 Å². The number of pyridine rings is 3. The van der Waals surface area contributed by atoms with Gasteiger partial charge in [-0.15, -0.1) is 0 Å². The number of benzene rings is 5. The Morgan fingerprint density at radius 3 is 1.60 bits per heavy atom. The lowest BCUT2D eigenvalue weighted by atomic mass is 9.96. The first kappa shape index (κ1) is 26.7. The summed E-state index contributed by atoms with van der Waals surface area (Å²) in [5, 5.41) is 2.18. The van der Waals surface area contributed by atoms with Crippen LogP contribution in [-0.2, 0) is 0 Å². The quantitative estimate of drug-likeness (QED) is 0.192. The molecule has 3 aromatic heterocycles. The molecule has 8 aromatic rings. The van der Waals surface area contributed by atoms with Crippen molar-refractivity contribution < 1.29 is 0 Å². The molecule has 3 heterocycles. The molecule has 0 aliphatic rings. The second-order valence-electron chi connectivity index (χ2n) is 11.3. The summed E-state index contributed by atoms with van der Waals surface area (Å²) >= 11 is 0. The Morgan fingerprint density at radius 1 is 0.356 bits per heavy atom. The predicted octanol–water partition coefficient (Wildman–Crippen LogP) is 10.8. The van der Waals surface area contributed by atoms with Gasteiger partial charge in [0.1, 0.15) is 0 Å². The molecular weight excluding hydrogens is 546 g/mol. The van der Waals surface area contributed by atoms with Crippen molar-refractivity contribution in [1.82, 2.24) is 15.0 Å². The molecule has 0 bridgehead atoms. The highest BCUT2D eigenvalue weighted by molar-refractivity contribution is 6.09. The Morgan fingerprint density at radius 2 is 0.911 bits per heavy atom. The zero-order valence-corrected chi connectivity index (χ0v) is 24.9. The smallest absolute Gasteiger partial charge is 0.0978 e. The third-order valence-electron chi connectivity index (χ3n) is 8.32. The SMILES string of the molecule is Cc1ccc2ccc3c(-c4ccccc4)cc(-c4cccc(-c5cc(-c6ccccc6)cc(-c6ccccc6)n5)c4)nc3c2n1. The highest BCUT2D eigenvalue weighted by Crippen LogP contribution is 2.37. The number of hydrogen-bond acceptors (Lipinski definition) is 3. The van der Waals surface area contributed by atoms with Gasteiger partial charge in [0.15, 0.2) is 0 Å².